The molecule has 1 aromatic rings. The molecule has 2 N–H and O–H groups in total. The molecule has 24 heavy (non-hydrogen) atoms. The van der Waals surface area contributed by atoms with Gasteiger partial charge in [0, 0.05) is 12.5 Å². The van der Waals surface area contributed by atoms with Gasteiger partial charge in [0.15, 0.2) is 0 Å². The molecule has 6 heteroatoms. The fourth-order valence-corrected chi connectivity index (χ4v) is 3.44. The average Bonchev–Trinajstić information content (AvgIpc) is 3.33. The highest BCUT2D eigenvalue weighted by molar-refractivity contribution is 5.82. The van der Waals surface area contributed by atoms with Crippen molar-refractivity contribution in [2.24, 2.45) is 11.3 Å². The molecule has 1 saturated carbocycles. The predicted molar refractivity (Wildman–Crippen MR) is 85.5 cm³/mol. The molecule has 0 bridgehead atoms. The maximum atomic E-state index is 12.8. The van der Waals surface area contributed by atoms with Crippen molar-refractivity contribution in [3.8, 4) is 0 Å². The van der Waals surface area contributed by atoms with Crippen LogP contribution in [0.4, 0.5) is 13.2 Å². The molecule has 2 atom stereocenters. The molecule has 1 aliphatic heterocycles. The van der Waals surface area contributed by atoms with Gasteiger partial charge in [0.2, 0.25) is 5.91 Å². The summed E-state index contributed by atoms with van der Waals surface area (Å²) in [4.78, 5) is 12.3. The second-order valence-corrected chi connectivity index (χ2v) is 7.35. The number of rotatable bonds is 4. The molecule has 1 saturated heterocycles. The van der Waals surface area contributed by atoms with E-state index in [1.807, 2.05) is 0 Å². The van der Waals surface area contributed by atoms with E-state index in [-0.39, 0.29) is 23.2 Å². The fraction of sp³-hybridized carbons (Fsp3) is 0.611. The largest absolute Gasteiger partial charge is 0.416 e. The summed E-state index contributed by atoms with van der Waals surface area (Å²) in [7, 11) is 0. The molecule has 2 unspecified atom stereocenters. The molecule has 2 fully saturated rings. The van der Waals surface area contributed by atoms with Gasteiger partial charge in [0.05, 0.1) is 5.56 Å². The Kier molecular flexibility index (Phi) is 4.60. The zero-order valence-electron chi connectivity index (χ0n) is 13.7. The smallest absolute Gasteiger partial charge is 0.355 e. The van der Waals surface area contributed by atoms with Crippen LogP contribution in [-0.4, -0.2) is 25.5 Å². The van der Waals surface area contributed by atoms with Gasteiger partial charge in [0.1, 0.15) is 0 Å². The summed E-state index contributed by atoms with van der Waals surface area (Å²) in [5.41, 5.74) is 0.0768. The summed E-state index contributed by atoms with van der Waals surface area (Å²) in [6, 6.07) is 5.34. The quantitative estimate of drug-likeness (QED) is 0.883. The molecule has 1 aromatic carbocycles. The van der Waals surface area contributed by atoms with Crippen molar-refractivity contribution in [2.45, 2.75) is 38.3 Å². The third-order valence-electron chi connectivity index (χ3n) is 5.27. The highest BCUT2D eigenvalue weighted by Gasteiger charge is 2.45. The van der Waals surface area contributed by atoms with Gasteiger partial charge in [-0.15, -0.1) is 0 Å². The summed E-state index contributed by atoms with van der Waals surface area (Å²) >= 11 is 0. The van der Waals surface area contributed by atoms with Crippen LogP contribution in [0.5, 0.6) is 0 Å². The van der Waals surface area contributed by atoms with E-state index in [9.17, 15) is 18.0 Å². The van der Waals surface area contributed by atoms with E-state index in [0.717, 1.165) is 32.0 Å². The van der Waals surface area contributed by atoms with E-state index in [1.165, 1.54) is 12.1 Å². The number of halogens is 3. The van der Waals surface area contributed by atoms with Gasteiger partial charge in [-0.2, -0.15) is 13.2 Å². The van der Waals surface area contributed by atoms with E-state index >= 15 is 0 Å². The summed E-state index contributed by atoms with van der Waals surface area (Å²) < 4.78 is 38.4. The number of benzene rings is 1. The number of carbonyl (C=O) groups is 1. The fourth-order valence-electron chi connectivity index (χ4n) is 3.44. The van der Waals surface area contributed by atoms with Crippen LogP contribution in [0.3, 0.4) is 0 Å². The van der Waals surface area contributed by atoms with Crippen LogP contribution >= 0.6 is 0 Å². The second kappa shape index (κ2) is 6.39. The van der Waals surface area contributed by atoms with Gasteiger partial charge in [0.25, 0.3) is 0 Å². The van der Waals surface area contributed by atoms with Gasteiger partial charge >= 0.3 is 6.18 Å². The van der Waals surface area contributed by atoms with E-state index < -0.39 is 11.7 Å². The molecular weight excluding hydrogens is 317 g/mol. The molecule has 1 aliphatic carbocycles. The van der Waals surface area contributed by atoms with E-state index in [0.29, 0.717) is 18.5 Å². The van der Waals surface area contributed by atoms with Crippen LogP contribution in [0.25, 0.3) is 0 Å². The van der Waals surface area contributed by atoms with E-state index in [4.69, 9.17) is 0 Å². The maximum absolute atomic E-state index is 12.8. The Labute approximate surface area is 140 Å². The van der Waals surface area contributed by atoms with Crippen LogP contribution < -0.4 is 10.6 Å². The highest BCUT2D eigenvalue weighted by Crippen LogP contribution is 2.48. The molecule has 132 valence electrons. The summed E-state index contributed by atoms with van der Waals surface area (Å²) in [6.45, 7) is 4.73. The Bertz CT molecular complexity index is 609. The first-order valence-electron chi connectivity index (χ1n) is 8.44. The minimum Gasteiger partial charge on any atom is -0.355 e. The minimum atomic E-state index is -4.34. The average molecular weight is 340 g/mol. The third kappa shape index (κ3) is 3.91. The topological polar surface area (TPSA) is 41.1 Å². The number of alkyl halides is 3. The van der Waals surface area contributed by atoms with Gasteiger partial charge in [-0.3, -0.25) is 4.79 Å². The normalized spacial score (nSPS) is 26.0. The van der Waals surface area contributed by atoms with Crippen LogP contribution in [0.15, 0.2) is 24.3 Å². The Balaban J connectivity index is 1.56. The predicted octanol–water partition coefficient (Wildman–Crippen LogP) is 3.31. The number of carbonyl (C=O) groups excluding carboxylic acids is 1. The lowest BCUT2D eigenvalue weighted by Gasteiger charge is -2.34. The molecule has 1 amide bonds. The highest BCUT2D eigenvalue weighted by atomic mass is 19.4. The van der Waals surface area contributed by atoms with Gasteiger partial charge in [-0.05, 0) is 55.3 Å². The lowest BCUT2D eigenvalue weighted by atomic mass is 9.81. The van der Waals surface area contributed by atoms with Crippen molar-refractivity contribution in [1.82, 2.24) is 10.6 Å². The number of hydrogen-bond acceptors (Lipinski definition) is 2. The number of hydrogen-bond donors (Lipinski definition) is 2. The van der Waals surface area contributed by atoms with Crippen molar-refractivity contribution in [2.75, 3.05) is 19.6 Å². The SMILES string of the molecule is CC1(CNC(=O)C2CC2c2cccc(C(F)(F)F)c2)CCNCC1. The third-order valence-corrected chi connectivity index (χ3v) is 5.27. The molecule has 3 nitrogen and oxygen atoms in total. The van der Waals surface area contributed by atoms with Gasteiger partial charge in [-0.25, -0.2) is 0 Å². The Morgan fingerprint density at radius 2 is 2.04 bits per heavy atom. The second-order valence-electron chi connectivity index (χ2n) is 7.35. The monoisotopic (exact) mass is 340 g/mol. The first-order chi connectivity index (χ1) is 11.3. The maximum Gasteiger partial charge on any atom is 0.416 e. The molecule has 0 spiro atoms. The Hall–Kier alpha value is -1.56. The molecule has 0 aromatic heterocycles. The van der Waals surface area contributed by atoms with E-state index in [1.54, 1.807) is 6.07 Å². The molecule has 1 heterocycles. The van der Waals surface area contributed by atoms with Crippen molar-refractivity contribution in [3.05, 3.63) is 35.4 Å². The minimum absolute atomic E-state index is 0.0304. The van der Waals surface area contributed by atoms with Crippen molar-refractivity contribution < 1.29 is 18.0 Å². The Morgan fingerprint density at radius 3 is 2.71 bits per heavy atom. The zero-order valence-corrected chi connectivity index (χ0v) is 13.7. The van der Waals surface area contributed by atoms with Crippen LogP contribution in [0, 0.1) is 11.3 Å². The number of nitrogens with one attached hydrogen (secondary N) is 2. The molecule has 0 radical (unpaired) electrons. The lowest BCUT2D eigenvalue weighted by molar-refractivity contribution is -0.137. The molecule has 2 aliphatic rings. The standard InChI is InChI=1S/C18H23F3N2O/c1-17(5-7-22-8-6-17)11-23-16(24)15-10-14(15)12-3-2-4-13(9-12)18(19,20)21/h2-4,9,14-15,22H,5-8,10-11H2,1H3,(H,23,24). The van der Waals surface area contributed by atoms with Crippen molar-refractivity contribution in [3.63, 3.8) is 0 Å². The van der Waals surface area contributed by atoms with Gasteiger partial charge in [-0.1, -0.05) is 25.1 Å². The molecule has 3 rings (SSSR count). The van der Waals surface area contributed by atoms with Crippen molar-refractivity contribution >= 4 is 5.91 Å². The summed E-state index contributed by atoms with van der Waals surface area (Å²) in [5, 5.41) is 6.31. The summed E-state index contributed by atoms with van der Waals surface area (Å²) in [5.74, 6) is -0.316. The number of amides is 1. The lowest BCUT2D eigenvalue weighted by Crippen LogP contribution is -2.43. The first kappa shape index (κ1) is 17.3. The first-order valence-corrected chi connectivity index (χ1v) is 8.44. The number of piperidine rings is 1. The van der Waals surface area contributed by atoms with Crippen molar-refractivity contribution in [1.29, 1.82) is 0 Å². The Morgan fingerprint density at radius 1 is 1.33 bits per heavy atom. The van der Waals surface area contributed by atoms with Crippen LogP contribution in [0.1, 0.15) is 43.2 Å². The van der Waals surface area contributed by atoms with E-state index in [2.05, 4.69) is 17.6 Å². The van der Waals surface area contributed by atoms with Crippen LogP contribution in [-0.2, 0) is 11.0 Å². The van der Waals surface area contributed by atoms with Crippen LogP contribution in [0.2, 0.25) is 0 Å². The molecular formula is C18H23F3N2O. The zero-order chi connectivity index (χ0) is 17.4. The summed E-state index contributed by atoms with van der Waals surface area (Å²) in [6.07, 6.45) is -1.66. The van der Waals surface area contributed by atoms with Gasteiger partial charge < -0.3 is 10.6 Å².